The number of aryl methyl sites for hydroxylation is 1. The topological polar surface area (TPSA) is 30.7 Å². The summed E-state index contributed by atoms with van der Waals surface area (Å²) < 4.78 is 1.76. The van der Waals surface area contributed by atoms with Crippen molar-refractivity contribution in [1.82, 2.24) is 14.8 Å². The maximum Gasteiger partial charge on any atom is 0.127 e. The quantitative estimate of drug-likeness (QED) is 0.636. The maximum atomic E-state index is 4.11. The van der Waals surface area contributed by atoms with Crippen LogP contribution in [0.25, 0.3) is 10.6 Å². The van der Waals surface area contributed by atoms with Crippen LogP contribution < -0.4 is 0 Å². The van der Waals surface area contributed by atoms with Crippen LogP contribution in [0.15, 0.2) is 18.6 Å². The highest BCUT2D eigenvalue weighted by atomic mass is 32.1. The summed E-state index contributed by atoms with van der Waals surface area (Å²) in [5, 5.41) is 7.94. The van der Waals surface area contributed by atoms with Gasteiger partial charge in [-0.1, -0.05) is 0 Å². The monoisotopic (exact) mass is 164 g/mol. The molecule has 4 heteroatoms. The Bertz CT molecular complexity index is 336. The molecule has 3 nitrogen and oxygen atoms in total. The zero-order chi connectivity index (χ0) is 7.68. The Morgan fingerprint density at radius 1 is 1.64 bits per heavy atom. The fraction of sp³-hybridized carbons (Fsp3) is 0.143. The van der Waals surface area contributed by atoms with Crippen molar-refractivity contribution in [2.75, 3.05) is 0 Å². The third-order valence-corrected chi connectivity index (χ3v) is 2.10. The fourth-order valence-corrected chi connectivity index (χ4v) is 1.40. The summed E-state index contributed by atoms with van der Waals surface area (Å²) >= 11 is 1.50. The third kappa shape index (κ3) is 1.17. The van der Waals surface area contributed by atoms with Crippen LogP contribution in [0.5, 0.6) is 0 Å². The van der Waals surface area contributed by atoms with Gasteiger partial charge in [-0.2, -0.15) is 5.10 Å². The second-order valence-electron chi connectivity index (χ2n) is 2.19. The molecule has 0 bridgehead atoms. The van der Waals surface area contributed by atoms with Gasteiger partial charge in [0.1, 0.15) is 5.01 Å². The Labute approximate surface area is 68.3 Å². The van der Waals surface area contributed by atoms with Gasteiger partial charge in [0.15, 0.2) is 0 Å². The van der Waals surface area contributed by atoms with Crippen molar-refractivity contribution < 1.29 is 0 Å². The first-order valence-electron chi connectivity index (χ1n) is 3.17. The van der Waals surface area contributed by atoms with E-state index in [1.165, 1.54) is 11.3 Å². The summed E-state index contributed by atoms with van der Waals surface area (Å²) in [6.45, 7) is 0. The SMILES string of the molecule is Cn1cc(-c2nc[c]s2)cn1. The number of nitrogens with zero attached hydrogens (tertiary/aromatic N) is 3. The molecule has 0 N–H and O–H groups in total. The van der Waals surface area contributed by atoms with E-state index in [4.69, 9.17) is 0 Å². The molecule has 0 fully saturated rings. The lowest BCUT2D eigenvalue weighted by atomic mass is 10.4. The van der Waals surface area contributed by atoms with Gasteiger partial charge in [-0.05, 0) is 0 Å². The second-order valence-corrected chi connectivity index (χ2v) is 3.01. The predicted octanol–water partition coefficient (Wildman–Crippen LogP) is 1.34. The third-order valence-electron chi connectivity index (χ3n) is 1.34. The van der Waals surface area contributed by atoms with E-state index in [1.807, 2.05) is 13.2 Å². The highest BCUT2D eigenvalue weighted by Crippen LogP contribution is 2.19. The molecule has 1 radical (unpaired) electrons. The molecule has 0 aliphatic heterocycles. The lowest BCUT2D eigenvalue weighted by molar-refractivity contribution is 0.768. The van der Waals surface area contributed by atoms with Crippen LogP contribution in [0.4, 0.5) is 0 Å². The summed E-state index contributed by atoms with van der Waals surface area (Å²) in [5.74, 6) is 0. The van der Waals surface area contributed by atoms with E-state index in [0.717, 1.165) is 10.6 Å². The lowest BCUT2D eigenvalue weighted by Gasteiger charge is -1.84. The molecular weight excluding hydrogens is 158 g/mol. The Hall–Kier alpha value is -1.16. The van der Waals surface area contributed by atoms with Gasteiger partial charge in [-0.25, -0.2) is 4.98 Å². The van der Waals surface area contributed by atoms with Crippen molar-refractivity contribution in [3.63, 3.8) is 0 Å². The summed E-state index contributed by atoms with van der Waals surface area (Å²) in [5.41, 5.74) is 1.05. The molecule has 2 rings (SSSR count). The van der Waals surface area contributed by atoms with E-state index in [0.29, 0.717) is 0 Å². The second kappa shape index (κ2) is 2.47. The largest absolute Gasteiger partial charge is 0.275 e. The molecule has 0 saturated carbocycles. The molecule has 0 aliphatic rings. The molecule has 2 heterocycles. The van der Waals surface area contributed by atoms with Crippen LogP contribution in [-0.2, 0) is 7.05 Å². The van der Waals surface area contributed by atoms with E-state index < -0.39 is 0 Å². The van der Waals surface area contributed by atoms with Crippen LogP contribution in [0, 0.1) is 5.38 Å². The first-order chi connectivity index (χ1) is 5.36. The standard InChI is InChI=1S/C7H6N3S/c1-10-5-6(4-9-10)7-8-2-3-11-7/h2,4-5H,1H3. The minimum atomic E-state index is 0.970. The molecule has 55 valence electrons. The molecule has 0 atom stereocenters. The molecule has 2 aromatic rings. The Morgan fingerprint density at radius 2 is 2.55 bits per heavy atom. The average molecular weight is 164 g/mol. The first kappa shape index (κ1) is 6.54. The normalized spacial score (nSPS) is 10.3. The van der Waals surface area contributed by atoms with Crippen LogP contribution in [-0.4, -0.2) is 14.8 Å². The number of aromatic nitrogens is 3. The molecule has 0 amide bonds. The molecule has 11 heavy (non-hydrogen) atoms. The summed E-state index contributed by atoms with van der Waals surface area (Å²) in [4.78, 5) is 4.11. The van der Waals surface area contributed by atoms with E-state index in [2.05, 4.69) is 15.5 Å². The van der Waals surface area contributed by atoms with Crippen LogP contribution >= 0.6 is 11.3 Å². The minimum absolute atomic E-state index is 0.970. The van der Waals surface area contributed by atoms with Crippen molar-refractivity contribution in [1.29, 1.82) is 0 Å². The van der Waals surface area contributed by atoms with E-state index in [1.54, 1.807) is 17.1 Å². The molecule has 0 saturated heterocycles. The highest BCUT2D eigenvalue weighted by molar-refractivity contribution is 7.12. The van der Waals surface area contributed by atoms with Crippen LogP contribution in [0.2, 0.25) is 0 Å². The molecular formula is C7H6N3S. The van der Waals surface area contributed by atoms with Crippen LogP contribution in [0.3, 0.4) is 0 Å². The molecule has 2 aromatic heterocycles. The van der Waals surface area contributed by atoms with Gasteiger partial charge in [0.25, 0.3) is 0 Å². The number of rotatable bonds is 1. The van der Waals surface area contributed by atoms with E-state index in [9.17, 15) is 0 Å². The van der Waals surface area contributed by atoms with Crippen LogP contribution in [0.1, 0.15) is 0 Å². The smallest absolute Gasteiger partial charge is 0.127 e. The van der Waals surface area contributed by atoms with Gasteiger partial charge in [-0.3, -0.25) is 4.68 Å². The van der Waals surface area contributed by atoms with E-state index in [-0.39, 0.29) is 0 Å². The molecule has 0 unspecified atom stereocenters. The fourth-order valence-electron chi connectivity index (χ4n) is 0.859. The van der Waals surface area contributed by atoms with Gasteiger partial charge < -0.3 is 0 Å². The van der Waals surface area contributed by atoms with Crippen molar-refractivity contribution in [3.05, 3.63) is 24.0 Å². The van der Waals surface area contributed by atoms with Crippen molar-refractivity contribution in [2.24, 2.45) is 7.05 Å². The van der Waals surface area contributed by atoms with Crippen molar-refractivity contribution >= 4 is 11.3 Å². The molecule has 0 aliphatic carbocycles. The van der Waals surface area contributed by atoms with Crippen molar-refractivity contribution in [2.45, 2.75) is 0 Å². The molecule has 0 spiro atoms. The van der Waals surface area contributed by atoms with Crippen molar-refractivity contribution in [3.8, 4) is 10.6 Å². The van der Waals surface area contributed by atoms with E-state index >= 15 is 0 Å². The Morgan fingerprint density at radius 3 is 3.09 bits per heavy atom. The molecule has 0 aromatic carbocycles. The predicted molar refractivity (Wildman–Crippen MR) is 43.2 cm³/mol. The van der Waals surface area contributed by atoms with Gasteiger partial charge in [0.05, 0.1) is 11.6 Å². The zero-order valence-corrected chi connectivity index (χ0v) is 6.80. The number of hydrogen-bond donors (Lipinski definition) is 0. The lowest BCUT2D eigenvalue weighted by Crippen LogP contribution is -1.83. The minimum Gasteiger partial charge on any atom is -0.275 e. The highest BCUT2D eigenvalue weighted by Gasteiger charge is 2.00. The summed E-state index contributed by atoms with van der Waals surface area (Å²) in [7, 11) is 1.89. The van der Waals surface area contributed by atoms with Gasteiger partial charge in [0.2, 0.25) is 0 Å². The Kier molecular flexibility index (Phi) is 1.47. The van der Waals surface area contributed by atoms with Gasteiger partial charge in [-0.15, -0.1) is 11.3 Å². The Balaban J connectivity index is 2.45. The number of hydrogen-bond acceptors (Lipinski definition) is 3. The van der Waals surface area contributed by atoms with Gasteiger partial charge in [0, 0.05) is 25.0 Å². The first-order valence-corrected chi connectivity index (χ1v) is 3.99. The summed E-state index contributed by atoms with van der Waals surface area (Å²) in [6.07, 6.45) is 5.41. The maximum absolute atomic E-state index is 4.11. The summed E-state index contributed by atoms with van der Waals surface area (Å²) in [6, 6.07) is 0. The zero-order valence-electron chi connectivity index (χ0n) is 5.98. The van der Waals surface area contributed by atoms with Gasteiger partial charge >= 0.3 is 0 Å². The number of thiazole rings is 1. The average Bonchev–Trinajstić information content (AvgIpc) is 2.55.